The molecule has 0 bridgehead atoms. The number of nitro benzene ring substituents is 1. The number of hydrogen-bond donors (Lipinski definition) is 2. The lowest BCUT2D eigenvalue weighted by atomic mass is 9.80. The van der Waals surface area contributed by atoms with E-state index in [0.717, 1.165) is 32.2 Å². The lowest BCUT2D eigenvalue weighted by Gasteiger charge is -2.42. The molecule has 1 aliphatic heterocycles. The molecule has 1 heterocycles. The molecular weight excluding hydrogens is 360 g/mol. The van der Waals surface area contributed by atoms with Crippen LogP contribution in [0.1, 0.15) is 32.4 Å². The zero-order chi connectivity index (χ0) is 16.5. The van der Waals surface area contributed by atoms with E-state index in [1.165, 1.54) is 6.07 Å². The number of benzene rings is 1. The maximum Gasteiger partial charge on any atom is 0.313 e. The van der Waals surface area contributed by atoms with E-state index in [2.05, 4.69) is 10.2 Å². The molecule has 0 aromatic heterocycles. The highest BCUT2D eigenvalue weighted by Crippen LogP contribution is 2.44. The third-order valence-electron chi connectivity index (χ3n) is 3.91. The molecule has 0 saturated carbocycles. The van der Waals surface area contributed by atoms with E-state index in [4.69, 9.17) is 0 Å². The molecule has 24 heavy (non-hydrogen) atoms. The summed E-state index contributed by atoms with van der Waals surface area (Å²) in [5.41, 5.74) is -0.614. The van der Waals surface area contributed by atoms with Crippen LogP contribution >= 0.6 is 24.8 Å². The van der Waals surface area contributed by atoms with Crippen LogP contribution in [0.5, 0.6) is 5.75 Å². The molecule has 9 heteroatoms. The first kappa shape index (κ1) is 22.9. The monoisotopic (exact) mass is 383 g/mol. The quantitative estimate of drug-likeness (QED) is 0.618. The minimum atomic E-state index is -0.751. The summed E-state index contributed by atoms with van der Waals surface area (Å²) in [7, 11) is 0. The molecule has 2 rings (SSSR count). The molecule has 0 aliphatic carbocycles. The average molecular weight is 384 g/mol. The summed E-state index contributed by atoms with van der Waals surface area (Å²) in [6, 6.07) is 1.67. The summed E-state index contributed by atoms with van der Waals surface area (Å²) < 4.78 is 13.8. The van der Waals surface area contributed by atoms with Gasteiger partial charge in [0, 0.05) is 37.8 Å². The molecule has 0 spiro atoms. The Hall–Kier alpha value is -1.15. The number of phenols is 1. The predicted octanol–water partition coefficient (Wildman–Crippen LogP) is 3.28. The minimum Gasteiger partial charge on any atom is -0.502 e. The van der Waals surface area contributed by atoms with E-state index < -0.39 is 22.2 Å². The second-order valence-electron chi connectivity index (χ2n) is 6.67. The van der Waals surface area contributed by atoms with Gasteiger partial charge in [-0.3, -0.25) is 15.0 Å². The van der Waals surface area contributed by atoms with Crippen molar-refractivity contribution in [2.75, 3.05) is 26.2 Å². The van der Waals surface area contributed by atoms with Gasteiger partial charge in [0.2, 0.25) is 0 Å². The summed E-state index contributed by atoms with van der Waals surface area (Å²) in [5, 5.41) is 24.6. The minimum absolute atomic E-state index is 0. The van der Waals surface area contributed by atoms with Crippen LogP contribution in [-0.2, 0) is 0 Å². The first-order valence-corrected chi connectivity index (χ1v) is 7.33. The van der Waals surface area contributed by atoms with E-state index in [1.807, 2.05) is 20.8 Å². The molecule has 138 valence electrons. The molecule has 2 N–H and O–H groups in total. The Labute approximate surface area is 153 Å². The van der Waals surface area contributed by atoms with Crippen molar-refractivity contribution >= 4 is 30.5 Å². The van der Waals surface area contributed by atoms with Crippen LogP contribution in [0.2, 0.25) is 0 Å². The van der Waals surface area contributed by atoms with Crippen LogP contribution in [-0.4, -0.2) is 41.1 Å². The number of nitro groups is 1. The molecular formula is C15H24Cl2FN3O3. The normalized spacial score (nSPS) is 16.7. The summed E-state index contributed by atoms with van der Waals surface area (Å²) in [5.74, 6) is -1.14. The summed E-state index contributed by atoms with van der Waals surface area (Å²) >= 11 is 0. The fraction of sp³-hybridized carbons (Fsp3) is 0.600. The molecule has 1 aromatic carbocycles. The Balaban J connectivity index is 0.00000264. The zero-order valence-corrected chi connectivity index (χ0v) is 15.5. The Bertz CT molecular complexity index is 576. The van der Waals surface area contributed by atoms with Crippen LogP contribution in [0.15, 0.2) is 12.1 Å². The smallest absolute Gasteiger partial charge is 0.313 e. The largest absolute Gasteiger partial charge is 0.502 e. The standard InChI is InChI=1S/C15H22FN3O3.2ClH/c1-15(2,3)14(18-6-4-17-5-7-18)11-8-10(16)9-12(13(11)20)19(21)22;;/h8-9,14,17,20H,4-7H2,1-3H3;2*1H/t14-;;/m1../s1. The van der Waals surface area contributed by atoms with Gasteiger partial charge >= 0.3 is 5.69 Å². The SMILES string of the molecule is CC(C)(C)[C@@H](c1cc(F)cc([N+](=O)[O-])c1O)N1CCNCC1.Cl.Cl. The van der Waals surface area contributed by atoms with Gasteiger partial charge in [-0.15, -0.1) is 24.8 Å². The highest BCUT2D eigenvalue weighted by molar-refractivity contribution is 5.85. The van der Waals surface area contributed by atoms with Gasteiger partial charge in [0.25, 0.3) is 0 Å². The number of hydrogen-bond acceptors (Lipinski definition) is 5. The third-order valence-corrected chi connectivity index (χ3v) is 3.91. The topological polar surface area (TPSA) is 78.6 Å². The van der Waals surface area contributed by atoms with E-state index in [9.17, 15) is 19.6 Å². The second kappa shape index (κ2) is 8.80. The fourth-order valence-corrected chi connectivity index (χ4v) is 3.10. The Morgan fingerprint density at radius 2 is 1.83 bits per heavy atom. The Morgan fingerprint density at radius 3 is 2.29 bits per heavy atom. The molecule has 0 radical (unpaired) electrons. The van der Waals surface area contributed by atoms with Gasteiger partial charge < -0.3 is 10.4 Å². The number of piperazine rings is 1. The lowest BCUT2D eigenvalue weighted by molar-refractivity contribution is -0.386. The number of halogens is 3. The first-order valence-electron chi connectivity index (χ1n) is 7.33. The number of aromatic hydroxyl groups is 1. The molecule has 6 nitrogen and oxygen atoms in total. The summed E-state index contributed by atoms with van der Waals surface area (Å²) in [6.07, 6.45) is 0. The fourth-order valence-electron chi connectivity index (χ4n) is 3.10. The van der Waals surface area contributed by atoms with Crippen molar-refractivity contribution in [3.05, 3.63) is 33.6 Å². The van der Waals surface area contributed by atoms with Crippen LogP contribution in [0.3, 0.4) is 0 Å². The van der Waals surface area contributed by atoms with E-state index in [1.54, 1.807) is 0 Å². The maximum atomic E-state index is 13.8. The highest BCUT2D eigenvalue weighted by Gasteiger charge is 2.36. The molecule has 1 fully saturated rings. The van der Waals surface area contributed by atoms with Gasteiger partial charge in [0.1, 0.15) is 5.82 Å². The lowest BCUT2D eigenvalue weighted by Crippen LogP contribution is -2.48. The number of rotatable bonds is 3. The van der Waals surface area contributed by atoms with Crippen molar-refractivity contribution in [3.63, 3.8) is 0 Å². The molecule has 1 aliphatic rings. The molecule has 0 amide bonds. The van der Waals surface area contributed by atoms with Gasteiger partial charge in [0.15, 0.2) is 5.75 Å². The Kier molecular flexibility index (Phi) is 8.38. The average Bonchev–Trinajstić information content (AvgIpc) is 2.42. The van der Waals surface area contributed by atoms with Crippen molar-refractivity contribution < 1.29 is 14.4 Å². The Morgan fingerprint density at radius 1 is 1.29 bits per heavy atom. The van der Waals surface area contributed by atoms with Gasteiger partial charge in [0.05, 0.1) is 11.0 Å². The molecule has 1 saturated heterocycles. The van der Waals surface area contributed by atoms with Crippen molar-refractivity contribution in [2.24, 2.45) is 5.41 Å². The number of nitrogens with zero attached hydrogens (tertiary/aromatic N) is 2. The van der Waals surface area contributed by atoms with Crippen molar-refractivity contribution in [3.8, 4) is 5.75 Å². The van der Waals surface area contributed by atoms with Crippen LogP contribution in [0.4, 0.5) is 10.1 Å². The van der Waals surface area contributed by atoms with Crippen LogP contribution < -0.4 is 5.32 Å². The van der Waals surface area contributed by atoms with Gasteiger partial charge in [-0.2, -0.15) is 0 Å². The van der Waals surface area contributed by atoms with Crippen molar-refractivity contribution in [2.45, 2.75) is 26.8 Å². The third kappa shape index (κ3) is 4.92. The van der Waals surface area contributed by atoms with Crippen molar-refractivity contribution in [1.82, 2.24) is 10.2 Å². The molecule has 1 atom stereocenters. The van der Waals surface area contributed by atoms with Crippen molar-refractivity contribution in [1.29, 1.82) is 0 Å². The maximum absolute atomic E-state index is 13.8. The van der Waals surface area contributed by atoms with Crippen LogP contribution in [0, 0.1) is 21.3 Å². The molecule has 0 unspecified atom stereocenters. The van der Waals surface area contributed by atoms with Crippen LogP contribution in [0.25, 0.3) is 0 Å². The predicted molar refractivity (Wildman–Crippen MR) is 95.9 cm³/mol. The number of nitrogens with one attached hydrogen (secondary N) is 1. The summed E-state index contributed by atoms with van der Waals surface area (Å²) in [6.45, 7) is 9.02. The number of phenolic OH excluding ortho intramolecular Hbond substituents is 1. The van der Waals surface area contributed by atoms with E-state index in [-0.39, 0.29) is 41.8 Å². The summed E-state index contributed by atoms with van der Waals surface area (Å²) in [4.78, 5) is 12.4. The molecule has 1 aromatic rings. The zero-order valence-electron chi connectivity index (χ0n) is 13.9. The highest BCUT2D eigenvalue weighted by atomic mass is 35.5. The van der Waals surface area contributed by atoms with Gasteiger partial charge in [-0.25, -0.2) is 4.39 Å². The van der Waals surface area contributed by atoms with E-state index in [0.29, 0.717) is 0 Å². The first-order chi connectivity index (χ1) is 10.2. The van der Waals surface area contributed by atoms with Gasteiger partial charge in [-0.1, -0.05) is 20.8 Å². The second-order valence-corrected chi connectivity index (χ2v) is 6.67. The van der Waals surface area contributed by atoms with Gasteiger partial charge in [-0.05, 0) is 11.5 Å². The van der Waals surface area contributed by atoms with E-state index >= 15 is 0 Å².